The molecule has 0 amide bonds. The summed E-state index contributed by atoms with van der Waals surface area (Å²) in [6.45, 7) is 4.43. The van der Waals surface area contributed by atoms with Gasteiger partial charge in [0.05, 0.1) is 0 Å². The lowest BCUT2D eigenvalue weighted by molar-refractivity contribution is -0.778. The fourth-order valence-corrected chi connectivity index (χ4v) is 4.58. The van der Waals surface area contributed by atoms with Crippen molar-refractivity contribution in [3.63, 3.8) is 0 Å². The van der Waals surface area contributed by atoms with E-state index in [4.69, 9.17) is 5.10 Å². The maximum absolute atomic E-state index is 5.06. The van der Waals surface area contributed by atoms with E-state index in [2.05, 4.69) is 77.9 Å². The van der Waals surface area contributed by atoms with Crippen molar-refractivity contribution in [3.8, 4) is 0 Å². The second-order valence-corrected chi connectivity index (χ2v) is 7.27. The first-order chi connectivity index (χ1) is 11.8. The molecule has 1 aromatic heterocycles. The van der Waals surface area contributed by atoms with E-state index in [1.807, 2.05) is 0 Å². The Morgan fingerprint density at radius 1 is 0.958 bits per heavy atom. The van der Waals surface area contributed by atoms with E-state index in [1.54, 1.807) is 0 Å². The van der Waals surface area contributed by atoms with Gasteiger partial charge in [-0.1, -0.05) is 42.5 Å². The SMILES string of the molecule is CC(C)n1nc2c3ccccc3c3cccc4c3c2[n+]1C1C=CC41. The minimum Gasteiger partial charge on any atom is -0.144 e. The highest BCUT2D eigenvalue weighted by Gasteiger charge is 2.43. The van der Waals surface area contributed by atoms with Crippen molar-refractivity contribution >= 4 is 32.6 Å². The fourth-order valence-electron chi connectivity index (χ4n) is 4.58. The highest BCUT2D eigenvalue weighted by atomic mass is 15.6. The van der Waals surface area contributed by atoms with Crippen LogP contribution in [0.5, 0.6) is 0 Å². The molecule has 3 aromatic carbocycles. The van der Waals surface area contributed by atoms with E-state index < -0.39 is 0 Å². The first-order valence-corrected chi connectivity index (χ1v) is 8.71. The van der Waals surface area contributed by atoms with Crippen LogP contribution in [0.15, 0.2) is 54.6 Å². The third-order valence-corrected chi connectivity index (χ3v) is 5.67. The molecular weight excluding hydrogens is 294 g/mol. The van der Waals surface area contributed by atoms with Crippen LogP contribution in [0.3, 0.4) is 0 Å². The largest absolute Gasteiger partial charge is 0.257 e. The van der Waals surface area contributed by atoms with Gasteiger partial charge in [0.2, 0.25) is 5.52 Å². The molecule has 24 heavy (non-hydrogen) atoms. The summed E-state index contributed by atoms with van der Waals surface area (Å²) in [6.07, 6.45) is 4.66. The number of nitrogens with zero attached hydrogens (tertiary/aromatic N) is 3. The third kappa shape index (κ3) is 1.27. The number of allylic oxidation sites excluding steroid dienone is 2. The van der Waals surface area contributed by atoms with Gasteiger partial charge in [-0.25, -0.2) is 0 Å². The Morgan fingerprint density at radius 2 is 1.75 bits per heavy atom. The Kier molecular flexibility index (Phi) is 2.14. The van der Waals surface area contributed by atoms with E-state index >= 15 is 0 Å². The normalized spacial score (nSPS) is 21.1. The number of fused-ring (bicyclic) bond motifs is 6. The Bertz CT molecular complexity index is 1200. The third-order valence-electron chi connectivity index (χ3n) is 5.67. The zero-order chi connectivity index (χ0) is 16.0. The zero-order valence-corrected chi connectivity index (χ0v) is 13.8. The molecule has 2 unspecified atom stereocenters. The van der Waals surface area contributed by atoms with E-state index in [-0.39, 0.29) is 0 Å². The van der Waals surface area contributed by atoms with Gasteiger partial charge < -0.3 is 0 Å². The van der Waals surface area contributed by atoms with Gasteiger partial charge in [-0.15, -0.1) is 4.68 Å². The van der Waals surface area contributed by atoms with Crippen LogP contribution in [0.25, 0.3) is 32.6 Å². The number of aromatic nitrogens is 3. The van der Waals surface area contributed by atoms with Crippen molar-refractivity contribution in [3.05, 3.63) is 60.2 Å². The molecule has 1 aliphatic carbocycles. The van der Waals surface area contributed by atoms with E-state index in [0.29, 0.717) is 18.0 Å². The van der Waals surface area contributed by atoms with Crippen molar-refractivity contribution in [2.45, 2.75) is 31.8 Å². The quantitative estimate of drug-likeness (QED) is 0.290. The molecule has 0 radical (unpaired) electrons. The Balaban J connectivity index is 1.99. The lowest BCUT2D eigenvalue weighted by Gasteiger charge is -2.32. The molecule has 0 saturated heterocycles. The zero-order valence-electron chi connectivity index (χ0n) is 13.8. The van der Waals surface area contributed by atoms with Gasteiger partial charge in [0.1, 0.15) is 6.04 Å². The monoisotopic (exact) mass is 312 g/mol. The Hall–Kier alpha value is -2.68. The van der Waals surface area contributed by atoms with Crippen LogP contribution in [0.1, 0.15) is 37.4 Å². The number of hydrogen-bond donors (Lipinski definition) is 0. The van der Waals surface area contributed by atoms with Crippen LogP contribution in [-0.4, -0.2) is 9.90 Å². The molecule has 0 fully saturated rings. The molecule has 0 N–H and O–H groups in total. The molecule has 3 nitrogen and oxygen atoms in total. The van der Waals surface area contributed by atoms with Crippen LogP contribution < -0.4 is 4.68 Å². The standard InChI is InChI=1S/C21H18N3/c1-12(2)24-22-20-17-7-4-3-6-13(17)15-8-5-9-16-14-10-11-18(14)23(24)21(20)19(15)16/h3-12,14,18H,1-2H3/q+1. The summed E-state index contributed by atoms with van der Waals surface area (Å²) in [5, 5.41) is 10.4. The highest BCUT2D eigenvalue weighted by molar-refractivity contribution is 6.23. The first kappa shape index (κ1) is 12.7. The van der Waals surface area contributed by atoms with Crippen molar-refractivity contribution in [1.82, 2.24) is 9.90 Å². The average molecular weight is 312 g/mol. The number of hydrogen-bond acceptors (Lipinski definition) is 1. The molecule has 2 heterocycles. The van der Waals surface area contributed by atoms with E-state index in [0.717, 1.165) is 5.52 Å². The highest BCUT2D eigenvalue weighted by Crippen LogP contribution is 2.47. The molecule has 0 saturated carbocycles. The fraction of sp³-hybridized carbons (Fsp3) is 0.238. The maximum atomic E-state index is 5.06. The van der Waals surface area contributed by atoms with Crippen LogP contribution in [0.2, 0.25) is 0 Å². The molecule has 1 aliphatic heterocycles. The molecule has 0 bridgehead atoms. The van der Waals surface area contributed by atoms with Crippen LogP contribution in [-0.2, 0) is 0 Å². The molecule has 116 valence electrons. The van der Waals surface area contributed by atoms with Crippen LogP contribution >= 0.6 is 0 Å². The topological polar surface area (TPSA) is 21.7 Å². The molecule has 4 aromatic rings. The predicted molar refractivity (Wildman–Crippen MR) is 96.2 cm³/mol. The maximum Gasteiger partial charge on any atom is 0.257 e. The second-order valence-electron chi connectivity index (χ2n) is 7.27. The second kappa shape index (κ2) is 4.04. The van der Waals surface area contributed by atoms with Gasteiger partial charge >= 0.3 is 0 Å². The number of rotatable bonds is 1. The van der Waals surface area contributed by atoms with Gasteiger partial charge in [-0.05, 0) is 47.1 Å². The Labute approximate surface area is 139 Å². The van der Waals surface area contributed by atoms with Gasteiger partial charge in [0.15, 0.2) is 6.04 Å². The lowest BCUT2D eigenvalue weighted by atomic mass is 9.77. The molecule has 6 rings (SSSR count). The molecule has 2 aliphatic rings. The number of benzene rings is 3. The minimum atomic E-state index is 0.339. The van der Waals surface area contributed by atoms with E-state index in [1.165, 1.54) is 32.6 Å². The molecule has 0 spiro atoms. The Morgan fingerprint density at radius 3 is 2.50 bits per heavy atom. The first-order valence-electron chi connectivity index (χ1n) is 8.71. The summed E-state index contributed by atoms with van der Waals surface area (Å²) in [7, 11) is 0. The van der Waals surface area contributed by atoms with Crippen molar-refractivity contribution < 1.29 is 4.68 Å². The smallest absolute Gasteiger partial charge is 0.144 e. The summed E-state index contributed by atoms with van der Waals surface area (Å²) < 4.78 is 2.44. The summed E-state index contributed by atoms with van der Waals surface area (Å²) >= 11 is 0. The molecule has 2 atom stereocenters. The lowest BCUT2D eigenvalue weighted by Crippen LogP contribution is -2.54. The van der Waals surface area contributed by atoms with Gasteiger partial charge in [0, 0.05) is 21.8 Å². The van der Waals surface area contributed by atoms with Crippen LogP contribution in [0, 0.1) is 0 Å². The van der Waals surface area contributed by atoms with Gasteiger partial charge in [-0.2, -0.15) is 0 Å². The van der Waals surface area contributed by atoms with Gasteiger partial charge in [-0.3, -0.25) is 0 Å². The summed E-state index contributed by atoms with van der Waals surface area (Å²) in [5.74, 6) is 0.477. The van der Waals surface area contributed by atoms with Crippen LogP contribution in [0.4, 0.5) is 0 Å². The molecular formula is C21H18N3+. The summed E-state index contributed by atoms with van der Waals surface area (Å²) in [4.78, 5) is 2.19. The van der Waals surface area contributed by atoms with Crippen molar-refractivity contribution in [2.75, 3.05) is 0 Å². The minimum absolute atomic E-state index is 0.339. The average Bonchev–Trinajstić information content (AvgIpc) is 2.94. The van der Waals surface area contributed by atoms with Gasteiger partial charge in [0.25, 0.3) is 5.52 Å². The van der Waals surface area contributed by atoms with E-state index in [9.17, 15) is 0 Å². The molecule has 3 heteroatoms. The predicted octanol–water partition coefficient (Wildman–Crippen LogP) is 4.42. The van der Waals surface area contributed by atoms with Crippen molar-refractivity contribution in [1.29, 1.82) is 0 Å². The summed E-state index contributed by atoms with van der Waals surface area (Å²) in [6, 6.07) is 16.2. The van der Waals surface area contributed by atoms with Crippen molar-refractivity contribution in [2.24, 2.45) is 0 Å². The summed E-state index contributed by atoms with van der Waals surface area (Å²) in [5.41, 5.74) is 3.90.